The molecule has 0 spiro atoms. The van der Waals surface area contributed by atoms with E-state index in [9.17, 15) is 0 Å². The van der Waals surface area contributed by atoms with Crippen LogP contribution in [0, 0.1) is 0 Å². The Bertz CT molecular complexity index is 1550. The Kier molecular flexibility index (Phi) is 4.47. The van der Waals surface area contributed by atoms with Gasteiger partial charge in [-0.2, -0.15) is 0 Å². The Hall–Kier alpha value is -4.30. The van der Waals surface area contributed by atoms with Gasteiger partial charge in [-0.25, -0.2) is 0 Å². The Morgan fingerprint density at radius 2 is 1.03 bits per heavy atom. The van der Waals surface area contributed by atoms with Crippen LogP contribution in [0.4, 0.5) is 11.4 Å². The minimum Gasteiger partial charge on any atom is -0.456 e. The maximum Gasteiger partial charge on any atom is 0.135 e. The Morgan fingerprint density at radius 3 is 1.91 bits per heavy atom. The van der Waals surface area contributed by atoms with Crippen molar-refractivity contribution in [2.75, 3.05) is 5.32 Å². The van der Waals surface area contributed by atoms with Crippen LogP contribution in [0.25, 0.3) is 44.2 Å². The molecule has 0 aliphatic carbocycles. The summed E-state index contributed by atoms with van der Waals surface area (Å²) in [6.07, 6.45) is 0. The summed E-state index contributed by atoms with van der Waals surface area (Å²) in [5.74, 6) is 0. The molecule has 0 saturated heterocycles. The summed E-state index contributed by atoms with van der Waals surface area (Å²) in [5, 5.41) is 5.82. The number of hydrogen-bond acceptors (Lipinski definition) is 2. The van der Waals surface area contributed by atoms with E-state index in [2.05, 4.69) is 96.3 Å². The van der Waals surface area contributed by atoms with Gasteiger partial charge in [-0.1, -0.05) is 78.9 Å². The molecule has 32 heavy (non-hydrogen) atoms. The van der Waals surface area contributed by atoms with E-state index in [1.54, 1.807) is 0 Å². The number of anilines is 2. The average molecular weight is 412 g/mol. The van der Waals surface area contributed by atoms with Crippen molar-refractivity contribution >= 4 is 33.3 Å². The van der Waals surface area contributed by atoms with Gasteiger partial charge in [0.2, 0.25) is 0 Å². The number of fused-ring (bicyclic) bond motifs is 3. The summed E-state index contributed by atoms with van der Waals surface area (Å²) in [4.78, 5) is 0. The molecule has 6 aromatic rings. The van der Waals surface area contributed by atoms with Crippen molar-refractivity contribution in [3.05, 3.63) is 121 Å². The fourth-order valence-electron chi connectivity index (χ4n) is 4.26. The maximum absolute atomic E-state index is 5.95. The topological polar surface area (TPSA) is 25.2 Å². The van der Waals surface area contributed by atoms with Gasteiger partial charge >= 0.3 is 0 Å². The minimum atomic E-state index is 0.906. The molecule has 0 fully saturated rings. The molecule has 1 aromatic heterocycles. The van der Waals surface area contributed by atoms with Gasteiger partial charge in [0.05, 0.1) is 0 Å². The lowest BCUT2D eigenvalue weighted by molar-refractivity contribution is 0.669. The summed E-state index contributed by atoms with van der Waals surface area (Å²) >= 11 is 0. The molecule has 0 aliphatic heterocycles. The molecule has 5 aromatic carbocycles. The second-order valence-electron chi connectivity index (χ2n) is 7.96. The van der Waals surface area contributed by atoms with E-state index in [0.29, 0.717) is 0 Å². The largest absolute Gasteiger partial charge is 0.456 e. The molecule has 2 nitrogen and oxygen atoms in total. The summed E-state index contributed by atoms with van der Waals surface area (Å²) < 4.78 is 5.95. The van der Waals surface area contributed by atoms with Gasteiger partial charge in [-0.05, 0) is 64.7 Å². The molecule has 1 N–H and O–H groups in total. The molecule has 0 radical (unpaired) electrons. The molecule has 1 heterocycles. The first-order valence-corrected chi connectivity index (χ1v) is 10.8. The predicted molar refractivity (Wildman–Crippen MR) is 134 cm³/mol. The Balaban J connectivity index is 1.33. The number of benzene rings is 5. The van der Waals surface area contributed by atoms with Crippen LogP contribution in [0.2, 0.25) is 0 Å². The van der Waals surface area contributed by atoms with Crippen molar-refractivity contribution < 1.29 is 4.42 Å². The standard InChI is InChI=1S/C30H21NO/c1-2-8-21(9-3-1)22-10-6-11-23(18-22)24-12-7-13-25(19-24)31-26-16-17-30-28(20-26)27-14-4-5-15-29(27)32-30/h1-20,31H. The number of rotatable bonds is 4. The van der Waals surface area contributed by atoms with Crippen LogP contribution in [-0.2, 0) is 0 Å². The first kappa shape index (κ1) is 18.5. The van der Waals surface area contributed by atoms with Gasteiger partial charge < -0.3 is 9.73 Å². The van der Waals surface area contributed by atoms with Gasteiger partial charge in [0.1, 0.15) is 11.2 Å². The van der Waals surface area contributed by atoms with Crippen LogP contribution in [-0.4, -0.2) is 0 Å². The summed E-state index contributed by atoms with van der Waals surface area (Å²) in [7, 11) is 0. The molecule has 0 aliphatic rings. The van der Waals surface area contributed by atoms with E-state index in [4.69, 9.17) is 4.42 Å². The van der Waals surface area contributed by atoms with E-state index in [1.165, 1.54) is 22.3 Å². The summed E-state index contributed by atoms with van der Waals surface area (Å²) in [6.45, 7) is 0. The lowest BCUT2D eigenvalue weighted by Gasteiger charge is -2.10. The van der Waals surface area contributed by atoms with Crippen molar-refractivity contribution in [3.63, 3.8) is 0 Å². The molecule has 2 heteroatoms. The second kappa shape index (κ2) is 7.75. The van der Waals surface area contributed by atoms with Crippen molar-refractivity contribution in [1.82, 2.24) is 0 Å². The van der Waals surface area contributed by atoms with Crippen LogP contribution < -0.4 is 5.32 Å². The molecular formula is C30H21NO. The Morgan fingerprint density at radius 1 is 0.406 bits per heavy atom. The number of hydrogen-bond donors (Lipinski definition) is 1. The van der Waals surface area contributed by atoms with E-state index >= 15 is 0 Å². The summed E-state index contributed by atoms with van der Waals surface area (Å²) in [5.41, 5.74) is 8.75. The Labute approximate surface area is 186 Å². The minimum absolute atomic E-state index is 0.906. The molecular weight excluding hydrogens is 390 g/mol. The van der Waals surface area contributed by atoms with Crippen LogP contribution in [0.5, 0.6) is 0 Å². The smallest absolute Gasteiger partial charge is 0.135 e. The summed E-state index contributed by atoms with van der Waals surface area (Å²) in [6, 6.07) is 42.1. The van der Waals surface area contributed by atoms with Gasteiger partial charge in [0, 0.05) is 22.1 Å². The SMILES string of the molecule is c1ccc(-c2cccc(-c3cccc(Nc4ccc5oc6ccccc6c5c4)c3)c2)cc1. The van der Waals surface area contributed by atoms with Crippen molar-refractivity contribution in [2.24, 2.45) is 0 Å². The maximum atomic E-state index is 5.95. The van der Waals surface area contributed by atoms with Crippen LogP contribution in [0.15, 0.2) is 126 Å². The predicted octanol–water partition coefficient (Wildman–Crippen LogP) is 8.66. The van der Waals surface area contributed by atoms with Crippen molar-refractivity contribution in [1.29, 1.82) is 0 Å². The van der Waals surface area contributed by atoms with Gasteiger partial charge in [-0.15, -0.1) is 0 Å². The highest BCUT2D eigenvalue weighted by Crippen LogP contribution is 2.32. The molecule has 0 saturated carbocycles. The van der Waals surface area contributed by atoms with Crippen LogP contribution >= 0.6 is 0 Å². The van der Waals surface area contributed by atoms with E-state index in [-0.39, 0.29) is 0 Å². The lowest BCUT2D eigenvalue weighted by atomic mass is 9.99. The van der Waals surface area contributed by atoms with Gasteiger partial charge in [0.15, 0.2) is 0 Å². The van der Waals surface area contributed by atoms with E-state index in [1.807, 2.05) is 30.3 Å². The third-order valence-corrected chi connectivity index (χ3v) is 5.83. The van der Waals surface area contributed by atoms with Crippen LogP contribution in [0.1, 0.15) is 0 Å². The second-order valence-corrected chi connectivity index (χ2v) is 7.96. The van der Waals surface area contributed by atoms with E-state index in [0.717, 1.165) is 33.3 Å². The number of furan rings is 1. The normalized spacial score (nSPS) is 11.1. The first-order valence-electron chi connectivity index (χ1n) is 10.8. The zero-order valence-electron chi connectivity index (χ0n) is 17.5. The fourth-order valence-corrected chi connectivity index (χ4v) is 4.26. The highest BCUT2D eigenvalue weighted by atomic mass is 16.3. The fraction of sp³-hybridized carbons (Fsp3) is 0. The van der Waals surface area contributed by atoms with E-state index < -0.39 is 0 Å². The van der Waals surface area contributed by atoms with Gasteiger partial charge in [0.25, 0.3) is 0 Å². The first-order chi connectivity index (χ1) is 15.8. The van der Waals surface area contributed by atoms with Crippen molar-refractivity contribution in [2.45, 2.75) is 0 Å². The number of nitrogens with one attached hydrogen (secondary N) is 1. The highest BCUT2D eigenvalue weighted by molar-refractivity contribution is 6.06. The molecule has 6 rings (SSSR count). The highest BCUT2D eigenvalue weighted by Gasteiger charge is 2.08. The van der Waals surface area contributed by atoms with Gasteiger partial charge in [-0.3, -0.25) is 0 Å². The zero-order valence-corrected chi connectivity index (χ0v) is 17.5. The lowest BCUT2D eigenvalue weighted by Crippen LogP contribution is -1.90. The quantitative estimate of drug-likeness (QED) is 0.314. The third kappa shape index (κ3) is 3.42. The number of para-hydroxylation sites is 1. The molecule has 0 amide bonds. The van der Waals surface area contributed by atoms with Crippen LogP contribution in [0.3, 0.4) is 0 Å². The average Bonchev–Trinajstić information content (AvgIpc) is 3.23. The molecule has 152 valence electrons. The molecule has 0 atom stereocenters. The molecule has 0 unspecified atom stereocenters. The third-order valence-electron chi connectivity index (χ3n) is 5.83. The molecule has 0 bridgehead atoms. The van der Waals surface area contributed by atoms with Crippen molar-refractivity contribution in [3.8, 4) is 22.3 Å². The zero-order chi connectivity index (χ0) is 21.3. The monoisotopic (exact) mass is 411 g/mol.